The van der Waals surface area contributed by atoms with Crippen LogP contribution in [0.1, 0.15) is 31.0 Å². The van der Waals surface area contributed by atoms with Crippen molar-refractivity contribution < 1.29 is 4.79 Å². The highest BCUT2D eigenvalue weighted by molar-refractivity contribution is 7.13. The number of aryl methyl sites for hydroxylation is 1. The molecule has 0 bridgehead atoms. The fourth-order valence-corrected chi connectivity index (χ4v) is 3.65. The summed E-state index contributed by atoms with van der Waals surface area (Å²) in [7, 11) is 0. The third kappa shape index (κ3) is 4.56. The average molecular weight is 366 g/mol. The van der Waals surface area contributed by atoms with Crippen molar-refractivity contribution in [1.29, 1.82) is 0 Å². The van der Waals surface area contributed by atoms with Gasteiger partial charge in [0, 0.05) is 30.1 Å². The molecule has 0 radical (unpaired) electrons. The molecule has 24 heavy (non-hydrogen) atoms. The molecule has 2 N–H and O–H groups in total. The van der Waals surface area contributed by atoms with Gasteiger partial charge in [-0.3, -0.25) is 4.79 Å². The van der Waals surface area contributed by atoms with E-state index >= 15 is 0 Å². The van der Waals surface area contributed by atoms with Crippen LogP contribution in [-0.2, 0) is 17.6 Å². The summed E-state index contributed by atoms with van der Waals surface area (Å²) >= 11 is 1.60. The lowest BCUT2D eigenvalue weighted by Gasteiger charge is -2.30. The molecule has 3 rings (SSSR count). The molecule has 2 aromatic rings. The molecule has 1 aromatic heterocycles. The number of carbonyl (C=O) groups is 1. The molecule has 1 fully saturated rings. The van der Waals surface area contributed by atoms with E-state index in [1.54, 1.807) is 11.3 Å². The maximum atomic E-state index is 12.4. The molecule has 1 aromatic carbocycles. The van der Waals surface area contributed by atoms with E-state index in [2.05, 4.69) is 36.2 Å². The zero-order chi connectivity index (χ0) is 16.2. The first kappa shape index (κ1) is 18.9. The van der Waals surface area contributed by atoms with Crippen molar-refractivity contribution in [3.63, 3.8) is 0 Å². The van der Waals surface area contributed by atoms with E-state index in [1.165, 1.54) is 5.56 Å². The van der Waals surface area contributed by atoms with Crippen LogP contribution in [0.25, 0.3) is 10.6 Å². The molecule has 1 aliphatic heterocycles. The van der Waals surface area contributed by atoms with Gasteiger partial charge < -0.3 is 10.6 Å². The van der Waals surface area contributed by atoms with Crippen LogP contribution in [0.15, 0.2) is 29.6 Å². The number of aromatic nitrogens is 1. The molecule has 1 saturated heterocycles. The maximum absolute atomic E-state index is 12.4. The fraction of sp³-hybridized carbons (Fsp3) is 0.444. The molecular weight excluding hydrogens is 342 g/mol. The Bertz CT molecular complexity index is 663. The van der Waals surface area contributed by atoms with Crippen LogP contribution in [0.3, 0.4) is 0 Å². The molecule has 2 heterocycles. The van der Waals surface area contributed by atoms with Gasteiger partial charge in [-0.05, 0) is 24.8 Å². The molecule has 6 heteroatoms. The lowest BCUT2D eigenvalue weighted by atomic mass is 10.1. The number of likely N-dealkylation sites (tertiary alicyclic amines) is 1. The van der Waals surface area contributed by atoms with E-state index < -0.39 is 0 Å². The Morgan fingerprint density at radius 1 is 1.29 bits per heavy atom. The lowest BCUT2D eigenvalue weighted by molar-refractivity contribution is -0.131. The first-order valence-corrected chi connectivity index (χ1v) is 9.10. The molecule has 1 amide bonds. The minimum atomic E-state index is 0. The van der Waals surface area contributed by atoms with E-state index in [9.17, 15) is 4.79 Å². The molecule has 0 saturated carbocycles. The van der Waals surface area contributed by atoms with Gasteiger partial charge in [-0.15, -0.1) is 23.7 Å². The third-order valence-electron chi connectivity index (χ3n) is 4.39. The van der Waals surface area contributed by atoms with E-state index in [0.29, 0.717) is 6.42 Å². The van der Waals surface area contributed by atoms with Gasteiger partial charge in [0.25, 0.3) is 0 Å². The largest absolute Gasteiger partial charge is 0.342 e. The van der Waals surface area contributed by atoms with Crippen molar-refractivity contribution in [1.82, 2.24) is 9.88 Å². The van der Waals surface area contributed by atoms with Crippen molar-refractivity contribution >= 4 is 29.7 Å². The number of nitrogens with zero attached hydrogens (tertiary/aromatic N) is 2. The van der Waals surface area contributed by atoms with Crippen molar-refractivity contribution in [2.75, 3.05) is 13.1 Å². The topological polar surface area (TPSA) is 59.2 Å². The SMILES string of the molecule is CCc1ccc(-c2nc(CC(=O)N3CCC(N)CC3)cs2)cc1.Cl. The smallest absolute Gasteiger partial charge is 0.228 e. The lowest BCUT2D eigenvalue weighted by Crippen LogP contribution is -2.43. The number of nitrogens with two attached hydrogens (primary N) is 1. The van der Waals surface area contributed by atoms with Gasteiger partial charge in [-0.25, -0.2) is 4.98 Å². The Hall–Kier alpha value is -1.43. The zero-order valence-electron chi connectivity index (χ0n) is 13.9. The Morgan fingerprint density at radius 2 is 1.96 bits per heavy atom. The summed E-state index contributed by atoms with van der Waals surface area (Å²) in [6.45, 7) is 3.69. The zero-order valence-corrected chi connectivity index (χ0v) is 15.5. The van der Waals surface area contributed by atoms with Crippen LogP contribution in [0.4, 0.5) is 0 Å². The third-order valence-corrected chi connectivity index (χ3v) is 5.33. The fourth-order valence-electron chi connectivity index (χ4n) is 2.82. The van der Waals surface area contributed by atoms with E-state index in [-0.39, 0.29) is 24.4 Å². The van der Waals surface area contributed by atoms with E-state index in [0.717, 1.165) is 48.6 Å². The van der Waals surface area contributed by atoms with Crippen LogP contribution in [0.5, 0.6) is 0 Å². The van der Waals surface area contributed by atoms with Gasteiger partial charge >= 0.3 is 0 Å². The minimum Gasteiger partial charge on any atom is -0.342 e. The quantitative estimate of drug-likeness (QED) is 0.904. The number of rotatable bonds is 4. The van der Waals surface area contributed by atoms with Gasteiger partial charge in [-0.1, -0.05) is 31.2 Å². The number of thiazole rings is 1. The Labute approximate surface area is 153 Å². The van der Waals surface area contributed by atoms with E-state index in [1.807, 2.05) is 10.3 Å². The summed E-state index contributed by atoms with van der Waals surface area (Å²) in [6, 6.07) is 8.73. The van der Waals surface area contributed by atoms with Crippen LogP contribution in [-0.4, -0.2) is 34.9 Å². The van der Waals surface area contributed by atoms with Gasteiger partial charge in [0.15, 0.2) is 0 Å². The molecule has 4 nitrogen and oxygen atoms in total. The van der Waals surface area contributed by atoms with Gasteiger partial charge in [-0.2, -0.15) is 0 Å². The number of benzene rings is 1. The van der Waals surface area contributed by atoms with Crippen molar-refractivity contribution in [2.24, 2.45) is 5.73 Å². The summed E-state index contributed by atoms with van der Waals surface area (Å²) < 4.78 is 0. The summed E-state index contributed by atoms with van der Waals surface area (Å²) in [5.41, 5.74) is 9.20. The van der Waals surface area contributed by atoms with Gasteiger partial charge in [0.2, 0.25) is 5.91 Å². The van der Waals surface area contributed by atoms with Crippen LogP contribution in [0, 0.1) is 0 Å². The predicted octanol–water partition coefficient (Wildman–Crippen LogP) is 3.29. The number of amides is 1. The predicted molar refractivity (Wildman–Crippen MR) is 102 cm³/mol. The molecule has 0 aliphatic carbocycles. The Morgan fingerprint density at radius 3 is 2.58 bits per heavy atom. The van der Waals surface area contributed by atoms with Gasteiger partial charge in [0.1, 0.15) is 5.01 Å². The highest BCUT2D eigenvalue weighted by atomic mass is 35.5. The first-order chi connectivity index (χ1) is 11.2. The van der Waals surface area contributed by atoms with Crippen molar-refractivity contribution in [2.45, 2.75) is 38.6 Å². The summed E-state index contributed by atoms with van der Waals surface area (Å²) in [6.07, 6.45) is 3.23. The van der Waals surface area contributed by atoms with Crippen LogP contribution < -0.4 is 5.73 Å². The monoisotopic (exact) mass is 365 g/mol. The second-order valence-corrected chi connectivity index (χ2v) is 6.95. The van der Waals surface area contributed by atoms with Gasteiger partial charge in [0.05, 0.1) is 12.1 Å². The molecule has 130 valence electrons. The molecule has 0 atom stereocenters. The second-order valence-electron chi connectivity index (χ2n) is 6.09. The number of halogens is 1. The number of hydrogen-bond acceptors (Lipinski definition) is 4. The number of hydrogen-bond donors (Lipinski definition) is 1. The molecular formula is C18H24ClN3OS. The van der Waals surface area contributed by atoms with E-state index in [4.69, 9.17) is 5.73 Å². The Balaban J connectivity index is 0.00000208. The Kier molecular flexibility index (Phi) is 6.78. The molecule has 0 unspecified atom stereocenters. The maximum Gasteiger partial charge on any atom is 0.228 e. The first-order valence-electron chi connectivity index (χ1n) is 8.22. The van der Waals surface area contributed by atoms with Crippen molar-refractivity contribution in [3.05, 3.63) is 40.9 Å². The highest BCUT2D eigenvalue weighted by Crippen LogP contribution is 2.24. The van der Waals surface area contributed by atoms with Crippen LogP contribution >= 0.6 is 23.7 Å². The second kappa shape index (κ2) is 8.60. The van der Waals surface area contributed by atoms with Crippen LogP contribution in [0.2, 0.25) is 0 Å². The summed E-state index contributed by atoms with van der Waals surface area (Å²) in [4.78, 5) is 18.9. The standard InChI is InChI=1S/C18H23N3OS.ClH/c1-2-13-3-5-14(6-4-13)18-20-16(12-23-18)11-17(22)21-9-7-15(19)8-10-21;/h3-6,12,15H,2,7-11,19H2,1H3;1H. The summed E-state index contributed by atoms with van der Waals surface area (Å²) in [5, 5.41) is 2.98. The number of carbonyl (C=O) groups excluding carboxylic acids is 1. The van der Waals surface area contributed by atoms with Crippen molar-refractivity contribution in [3.8, 4) is 10.6 Å². The highest BCUT2D eigenvalue weighted by Gasteiger charge is 2.21. The average Bonchev–Trinajstić information content (AvgIpc) is 3.04. The normalized spacial score (nSPS) is 15.2. The minimum absolute atomic E-state index is 0. The molecule has 0 spiro atoms. The summed E-state index contributed by atoms with van der Waals surface area (Å²) in [5.74, 6) is 0.162. The molecule has 1 aliphatic rings. The number of piperidine rings is 1.